The lowest BCUT2D eigenvalue weighted by atomic mass is 9.87. The number of ether oxygens (including phenoxy) is 1. The highest BCUT2D eigenvalue weighted by Gasteiger charge is 2.36. The Bertz CT molecular complexity index is 588. The maximum absolute atomic E-state index is 12.8. The zero-order chi connectivity index (χ0) is 18.0. The van der Waals surface area contributed by atoms with E-state index >= 15 is 0 Å². The molecule has 0 unspecified atom stereocenters. The molecule has 140 valence electrons. The standard InChI is InChI=1S/C19H32N4O2/c1-14(2)11-16-13-23(21-20-16)17-5-8-22(9-6-17)18(24)15-7-10-25-19(3,4)12-15/h13-15,17H,5-12H2,1-4H3/t15-/m0/s1. The summed E-state index contributed by atoms with van der Waals surface area (Å²) in [5, 5.41) is 8.61. The number of aromatic nitrogens is 3. The van der Waals surface area contributed by atoms with Gasteiger partial charge in [-0.15, -0.1) is 5.10 Å². The third kappa shape index (κ3) is 4.60. The second kappa shape index (κ2) is 7.44. The molecule has 3 rings (SSSR count). The Morgan fingerprint density at radius 2 is 2.04 bits per heavy atom. The van der Waals surface area contributed by atoms with Gasteiger partial charge < -0.3 is 9.64 Å². The smallest absolute Gasteiger partial charge is 0.225 e. The van der Waals surface area contributed by atoms with Crippen LogP contribution in [0.2, 0.25) is 0 Å². The van der Waals surface area contributed by atoms with Crippen LogP contribution in [0, 0.1) is 11.8 Å². The second-order valence-electron chi connectivity index (χ2n) is 8.64. The van der Waals surface area contributed by atoms with Crippen molar-refractivity contribution in [3.05, 3.63) is 11.9 Å². The highest BCUT2D eigenvalue weighted by Crippen LogP contribution is 2.31. The molecule has 0 saturated carbocycles. The van der Waals surface area contributed by atoms with Crippen molar-refractivity contribution in [2.24, 2.45) is 11.8 Å². The van der Waals surface area contributed by atoms with E-state index in [1.807, 2.05) is 4.68 Å². The van der Waals surface area contributed by atoms with Crippen molar-refractivity contribution in [2.45, 2.75) is 71.4 Å². The van der Waals surface area contributed by atoms with Gasteiger partial charge in [0.25, 0.3) is 0 Å². The molecule has 0 aliphatic carbocycles. The van der Waals surface area contributed by atoms with Crippen LogP contribution in [0.5, 0.6) is 0 Å². The molecular weight excluding hydrogens is 316 g/mol. The topological polar surface area (TPSA) is 60.2 Å². The minimum absolute atomic E-state index is 0.115. The molecular formula is C19H32N4O2. The second-order valence-corrected chi connectivity index (χ2v) is 8.64. The third-order valence-electron chi connectivity index (χ3n) is 5.37. The van der Waals surface area contributed by atoms with Crippen LogP contribution in [-0.2, 0) is 16.0 Å². The molecule has 2 fully saturated rings. The first-order valence-electron chi connectivity index (χ1n) is 9.67. The molecule has 2 aliphatic heterocycles. The summed E-state index contributed by atoms with van der Waals surface area (Å²) < 4.78 is 7.76. The summed E-state index contributed by atoms with van der Waals surface area (Å²) >= 11 is 0. The van der Waals surface area contributed by atoms with Gasteiger partial charge in [-0.25, -0.2) is 4.68 Å². The first-order valence-corrected chi connectivity index (χ1v) is 9.67. The maximum Gasteiger partial charge on any atom is 0.225 e. The minimum Gasteiger partial charge on any atom is -0.376 e. The molecule has 0 spiro atoms. The number of likely N-dealkylation sites (tertiary alicyclic amines) is 1. The van der Waals surface area contributed by atoms with Crippen LogP contribution < -0.4 is 0 Å². The van der Waals surface area contributed by atoms with E-state index in [-0.39, 0.29) is 11.5 Å². The van der Waals surface area contributed by atoms with E-state index in [2.05, 4.69) is 49.1 Å². The molecule has 6 heteroatoms. The Labute approximate surface area is 150 Å². The molecule has 1 aromatic heterocycles. The van der Waals surface area contributed by atoms with Crippen LogP contribution in [0.15, 0.2) is 6.20 Å². The fourth-order valence-electron chi connectivity index (χ4n) is 4.06. The lowest BCUT2D eigenvalue weighted by Gasteiger charge is -2.39. The first kappa shape index (κ1) is 18.4. The Kier molecular flexibility index (Phi) is 5.46. The molecule has 1 amide bonds. The van der Waals surface area contributed by atoms with Crippen molar-refractivity contribution in [3.63, 3.8) is 0 Å². The lowest BCUT2D eigenvalue weighted by molar-refractivity contribution is -0.146. The molecule has 25 heavy (non-hydrogen) atoms. The van der Waals surface area contributed by atoms with Gasteiger partial charge in [0.15, 0.2) is 0 Å². The Balaban J connectivity index is 1.53. The molecule has 1 atom stereocenters. The zero-order valence-corrected chi connectivity index (χ0v) is 16.1. The largest absolute Gasteiger partial charge is 0.376 e. The monoisotopic (exact) mass is 348 g/mol. The quantitative estimate of drug-likeness (QED) is 0.839. The van der Waals surface area contributed by atoms with Gasteiger partial charge >= 0.3 is 0 Å². The summed E-state index contributed by atoms with van der Waals surface area (Å²) in [6.07, 6.45) is 6.66. The van der Waals surface area contributed by atoms with Gasteiger partial charge in [0.1, 0.15) is 0 Å². The number of nitrogens with zero attached hydrogens (tertiary/aromatic N) is 4. The predicted molar refractivity (Wildman–Crippen MR) is 96.2 cm³/mol. The number of amides is 1. The summed E-state index contributed by atoms with van der Waals surface area (Å²) in [5.41, 5.74) is 0.891. The van der Waals surface area contributed by atoms with Gasteiger partial charge in [0.2, 0.25) is 5.91 Å². The maximum atomic E-state index is 12.8. The molecule has 6 nitrogen and oxygen atoms in total. The highest BCUT2D eigenvalue weighted by atomic mass is 16.5. The Hall–Kier alpha value is -1.43. The van der Waals surface area contributed by atoms with Crippen LogP contribution in [0.4, 0.5) is 0 Å². The Morgan fingerprint density at radius 1 is 1.32 bits per heavy atom. The van der Waals surface area contributed by atoms with Crippen molar-refractivity contribution in [1.29, 1.82) is 0 Å². The Morgan fingerprint density at radius 3 is 2.68 bits per heavy atom. The SMILES string of the molecule is CC(C)Cc1cn(C2CCN(C(=O)[C@H]3CCOC(C)(C)C3)CC2)nn1. The van der Waals surface area contributed by atoms with E-state index in [0.717, 1.165) is 50.9 Å². The molecule has 0 bridgehead atoms. The van der Waals surface area contributed by atoms with E-state index < -0.39 is 0 Å². The van der Waals surface area contributed by atoms with Gasteiger partial charge in [-0.1, -0.05) is 19.1 Å². The van der Waals surface area contributed by atoms with Crippen molar-refractivity contribution < 1.29 is 9.53 Å². The molecule has 2 aliphatic rings. The predicted octanol–water partition coefficient (Wildman–Crippen LogP) is 2.85. The van der Waals surface area contributed by atoms with Crippen LogP contribution in [-0.4, -0.2) is 51.1 Å². The summed E-state index contributed by atoms with van der Waals surface area (Å²) in [7, 11) is 0. The summed E-state index contributed by atoms with van der Waals surface area (Å²) in [6.45, 7) is 10.9. The molecule has 3 heterocycles. The number of rotatable bonds is 4. The van der Waals surface area contributed by atoms with Gasteiger partial charge in [0.05, 0.1) is 17.3 Å². The lowest BCUT2D eigenvalue weighted by Crippen LogP contribution is -2.46. The third-order valence-corrected chi connectivity index (χ3v) is 5.37. The number of piperidine rings is 1. The molecule has 0 aromatic carbocycles. The molecule has 0 N–H and O–H groups in total. The van der Waals surface area contributed by atoms with Crippen LogP contribution in [0.3, 0.4) is 0 Å². The molecule has 2 saturated heterocycles. The van der Waals surface area contributed by atoms with E-state index in [0.29, 0.717) is 24.5 Å². The number of hydrogen-bond acceptors (Lipinski definition) is 4. The summed E-state index contributed by atoms with van der Waals surface area (Å²) in [4.78, 5) is 14.9. The summed E-state index contributed by atoms with van der Waals surface area (Å²) in [5.74, 6) is 1.02. The van der Waals surface area contributed by atoms with Crippen molar-refractivity contribution in [1.82, 2.24) is 19.9 Å². The van der Waals surface area contributed by atoms with Crippen molar-refractivity contribution in [2.75, 3.05) is 19.7 Å². The van der Waals surface area contributed by atoms with Gasteiger partial charge in [-0.05, 0) is 51.9 Å². The molecule has 0 radical (unpaired) electrons. The first-order chi connectivity index (χ1) is 11.8. The normalized spacial score (nSPS) is 24.7. The van der Waals surface area contributed by atoms with E-state index in [4.69, 9.17) is 4.74 Å². The number of carbonyl (C=O) groups excluding carboxylic acids is 1. The molecule has 1 aromatic rings. The van der Waals surface area contributed by atoms with Gasteiger partial charge in [-0.2, -0.15) is 0 Å². The van der Waals surface area contributed by atoms with E-state index in [1.165, 1.54) is 0 Å². The van der Waals surface area contributed by atoms with Crippen molar-refractivity contribution >= 4 is 5.91 Å². The van der Waals surface area contributed by atoms with Crippen molar-refractivity contribution in [3.8, 4) is 0 Å². The van der Waals surface area contributed by atoms with Gasteiger partial charge in [0, 0.05) is 31.8 Å². The number of hydrogen-bond donors (Lipinski definition) is 0. The van der Waals surface area contributed by atoms with Gasteiger partial charge in [-0.3, -0.25) is 4.79 Å². The van der Waals surface area contributed by atoms with E-state index in [1.54, 1.807) is 0 Å². The van der Waals surface area contributed by atoms with Crippen LogP contribution in [0.1, 0.15) is 65.1 Å². The van der Waals surface area contributed by atoms with Crippen LogP contribution >= 0.6 is 0 Å². The highest BCUT2D eigenvalue weighted by molar-refractivity contribution is 5.79. The number of carbonyl (C=O) groups is 1. The average Bonchev–Trinajstić information content (AvgIpc) is 3.01. The van der Waals surface area contributed by atoms with E-state index in [9.17, 15) is 4.79 Å². The fraction of sp³-hybridized carbons (Fsp3) is 0.842. The average molecular weight is 348 g/mol. The zero-order valence-electron chi connectivity index (χ0n) is 16.1. The summed E-state index contributed by atoms with van der Waals surface area (Å²) in [6, 6.07) is 0.364. The fourth-order valence-corrected chi connectivity index (χ4v) is 4.06. The minimum atomic E-state index is -0.176. The van der Waals surface area contributed by atoms with Crippen LogP contribution in [0.25, 0.3) is 0 Å².